The quantitative estimate of drug-likeness (QED) is 0.0543. The minimum absolute atomic E-state index is 0. The molecule has 1 aromatic rings. The first kappa shape index (κ1) is 44.6. The van der Waals surface area contributed by atoms with Gasteiger partial charge in [-0.05, 0) is 71.0 Å². The van der Waals surface area contributed by atoms with E-state index in [2.05, 4.69) is 41.4 Å². The highest BCUT2D eigenvalue weighted by Crippen LogP contribution is 2.18. The smallest absolute Gasteiger partial charge is 0.306 e. The number of imidazole rings is 1. The minimum atomic E-state index is 0. The summed E-state index contributed by atoms with van der Waals surface area (Å²) in [5, 5.41) is 0. The Kier molecular flexibility index (Phi) is 33.9. The first-order chi connectivity index (χ1) is 22.2. The number of ether oxygens (including phenoxy) is 1. The summed E-state index contributed by atoms with van der Waals surface area (Å²) in [6.45, 7) is 11.5. The fourth-order valence-corrected chi connectivity index (χ4v) is 6.47. The van der Waals surface area contributed by atoms with Gasteiger partial charge < -0.3 is 14.2 Å². The van der Waals surface area contributed by atoms with E-state index in [0.717, 1.165) is 32.2 Å². The van der Waals surface area contributed by atoms with E-state index in [1.165, 1.54) is 167 Å². The number of nitrogens with zero attached hydrogens (tertiary/aromatic N) is 3. The lowest BCUT2D eigenvalue weighted by atomic mass is 10.0. The second-order valence-corrected chi connectivity index (χ2v) is 13.9. The maximum Gasteiger partial charge on any atom is 0.306 e. The van der Waals surface area contributed by atoms with Crippen LogP contribution in [0.4, 0.5) is 0 Å². The third kappa shape index (κ3) is 28.8. The molecule has 0 N–H and O–H groups in total. The largest absolute Gasteiger partial charge is 0.462 e. The molecular formula is C41H81N3O2. The van der Waals surface area contributed by atoms with E-state index in [1.54, 1.807) is 0 Å². The highest BCUT2D eigenvalue weighted by atomic mass is 16.5. The average molecular weight is 648 g/mol. The molecule has 0 aliphatic heterocycles. The average Bonchev–Trinajstić information content (AvgIpc) is 3.56. The van der Waals surface area contributed by atoms with Gasteiger partial charge in [-0.3, -0.25) is 4.79 Å². The van der Waals surface area contributed by atoms with Crippen molar-refractivity contribution in [3.05, 3.63) is 18.7 Å². The van der Waals surface area contributed by atoms with Crippen molar-refractivity contribution in [1.82, 2.24) is 14.5 Å². The highest BCUT2D eigenvalue weighted by Gasteiger charge is 2.14. The molecule has 5 nitrogen and oxygen atoms in total. The van der Waals surface area contributed by atoms with Gasteiger partial charge in [0.1, 0.15) is 6.10 Å². The number of carbonyl (C=O) groups excluding carboxylic acids is 1. The number of esters is 1. The van der Waals surface area contributed by atoms with Crippen LogP contribution < -0.4 is 0 Å². The van der Waals surface area contributed by atoms with Gasteiger partial charge in [-0.1, -0.05) is 150 Å². The number of carbonyl (C=O) groups is 1. The minimum Gasteiger partial charge on any atom is -0.462 e. The molecule has 5 heteroatoms. The molecule has 0 bridgehead atoms. The van der Waals surface area contributed by atoms with E-state index in [9.17, 15) is 4.79 Å². The fraction of sp³-hybridized carbons (Fsp3) is 0.902. The van der Waals surface area contributed by atoms with Crippen LogP contribution in [0.5, 0.6) is 0 Å². The predicted octanol–water partition coefficient (Wildman–Crippen LogP) is 12.7. The first-order valence-corrected chi connectivity index (χ1v) is 20.1. The van der Waals surface area contributed by atoms with E-state index < -0.39 is 0 Å². The predicted molar refractivity (Wildman–Crippen MR) is 202 cm³/mol. The topological polar surface area (TPSA) is 47.4 Å². The van der Waals surface area contributed by atoms with Gasteiger partial charge in [0.05, 0.1) is 6.33 Å². The Morgan fingerprint density at radius 1 is 0.609 bits per heavy atom. The summed E-state index contributed by atoms with van der Waals surface area (Å²) in [5.41, 5.74) is 0. The Hall–Kier alpha value is -1.36. The van der Waals surface area contributed by atoms with Gasteiger partial charge in [-0.2, -0.15) is 0 Å². The van der Waals surface area contributed by atoms with Crippen LogP contribution in [-0.2, 0) is 16.1 Å². The van der Waals surface area contributed by atoms with E-state index in [-0.39, 0.29) is 19.5 Å². The van der Waals surface area contributed by atoms with E-state index >= 15 is 0 Å². The Balaban J connectivity index is 0.0000202. The van der Waals surface area contributed by atoms with Crippen molar-refractivity contribution in [3.8, 4) is 0 Å². The van der Waals surface area contributed by atoms with Crippen LogP contribution in [0.2, 0.25) is 0 Å². The number of rotatable bonds is 35. The van der Waals surface area contributed by atoms with Crippen molar-refractivity contribution >= 4 is 5.97 Å². The molecule has 0 saturated heterocycles. The lowest BCUT2D eigenvalue weighted by molar-refractivity contribution is -0.150. The number of aryl methyl sites for hydroxylation is 1. The van der Waals surface area contributed by atoms with Crippen LogP contribution in [0.3, 0.4) is 0 Å². The van der Waals surface area contributed by atoms with Gasteiger partial charge in [0, 0.05) is 25.4 Å². The molecule has 0 amide bonds. The molecule has 0 spiro atoms. The second-order valence-electron chi connectivity index (χ2n) is 13.9. The molecule has 0 atom stereocenters. The van der Waals surface area contributed by atoms with Crippen LogP contribution >= 0.6 is 0 Å². The summed E-state index contributed by atoms with van der Waals surface area (Å²) in [7, 11) is 0. The van der Waals surface area contributed by atoms with Crippen molar-refractivity contribution < 1.29 is 9.53 Å². The number of aromatic nitrogens is 2. The molecule has 0 aliphatic rings. The van der Waals surface area contributed by atoms with Crippen LogP contribution in [-0.4, -0.2) is 46.2 Å². The molecule has 0 radical (unpaired) electrons. The first-order valence-electron chi connectivity index (χ1n) is 20.1. The lowest BCUT2D eigenvalue weighted by Gasteiger charge is -2.22. The van der Waals surface area contributed by atoms with Crippen molar-refractivity contribution in [3.63, 3.8) is 0 Å². The van der Waals surface area contributed by atoms with Crippen LogP contribution in [0.15, 0.2) is 18.7 Å². The highest BCUT2D eigenvalue weighted by molar-refractivity contribution is 5.69. The zero-order valence-corrected chi connectivity index (χ0v) is 30.6. The lowest BCUT2D eigenvalue weighted by Crippen LogP contribution is -2.28. The Morgan fingerprint density at radius 2 is 1.04 bits per heavy atom. The summed E-state index contributed by atoms with van der Waals surface area (Å²) in [4.78, 5) is 19.6. The van der Waals surface area contributed by atoms with Crippen molar-refractivity contribution in [2.24, 2.45) is 0 Å². The van der Waals surface area contributed by atoms with Gasteiger partial charge in [-0.15, -0.1) is 0 Å². The van der Waals surface area contributed by atoms with Crippen LogP contribution in [0.1, 0.15) is 208 Å². The van der Waals surface area contributed by atoms with E-state index in [1.807, 2.05) is 12.5 Å². The molecule has 272 valence electrons. The molecule has 46 heavy (non-hydrogen) atoms. The molecule has 0 saturated carbocycles. The van der Waals surface area contributed by atoms with Gasteiger partial charge >= 0.3 is 5.97 Å². The Morgan fingerprint density at radius 3 is 1.52 bits per heavy atom. The molecule has 0 aliphatic carbocycles. The molecule has 1 heterocycles. The maximum absolute atomic E-state index is 12.7. The van der Waals surface area contributed by atoms with Gasteiger partial charge in [0.2, 0.25) is 0 Å². The van der Waals surface area contributed by atoms with Crippen molar-refractivity contribution in [1.29, 1.82) is 0 Å². The number of hydrogen-bond acceptors (Lipinski definition) is 4. The van der Waals surface area contributed by atoms with Gasteiger partial charge in [0.25, 0.3) is 0 Å². The second kappa shape index (κ2) is 35.0. The zero-order chi connectivity index (χ0) is 32.5. The summed E-state index contributed by atoms with van der Waals surface area (Å²) < 4.78 is 8.25. The normalized spacial score (nSPS) is 11.4. The van der Waals surface area contributed by atoms with E-state index in [0.29, 0.717) is 6.42 Å². The molecule has 0 unspecified atom stereocenters. The standard InChI is InChI=1S/C40H77N3O2.CH4/c1-4-7-10-13-16-21-26-33-42(35-28-36-43-37-32-41-38-43)34-27-22-17-20-25-31-40(44)45-39(29-23-18-14-11-8-5-2)30-24-19-15-12-9-6-3;/h32,37-39H,4-31,33-36H2,1-3H3;1H4. The van der Waals surface area contributed by atoms with Crippen LogP contribution in [0.25, 0.3) is 0 Å². The van der Waals surface area contributed by atoms with Gasteiger partial charge in [0.15, 0.2) is 0 Å². The Labute approximate surface area is 288 Å². The molecule has 1 aromatic heterocycles. The third-order valence-corrected chi connectivity index (χ3v) is 9.44. The fourth-order valence-electron chi connectivity index (χ4n) is 6.47. The summed E-state index contributed by atoms with van der Waals surface area (Å²) in [5.74, 6) is 0.0516. The monoisotopic (exact) mass is 648 g/mol. The summed E-state index contributed by atoms with van der Waals surface area (Å²) in [6.07, 6.45) is 41.1. The maximum atomic E-state index is 12.7. The third-order valence-electron chi connectivity index (χ3n) is 9.44. The molecular weight excluding hydrogens is 566 g/mol. The zero-order valence-electron chi connectivity index (χ0n) is 30.6. The SMILES string of the molecule is C.CCCCCCCCCN(CCCCCCCC(=O)OC(CCCCCCCC)CCCCCCCC)CCCn1ccnc1. The summed E-state index contributed by atoms with van der Waals surface area (Å²) in [6, 6.07) is 0. The molecule has 0 aromatic carbocycles. The molecule has 0 fully saturated rings. The van der Waals surface area contributed by atoms with Gasteiger partial charge in [-0.25, -0.2) is 4.98 Å². The van der Waals surface area contributed by atoms with Crippen molar-refractivity contribution in [2.45, 2.75) is 221 Å². The summed E-state index contributed by atoms with van der Waals surface area (Å²) >= 11 is 0. The van der Waals surface area contributed by atoms with Crippen LogP contribution in [0, 0.1) is 0 Å². The number of hydrogen-bond donors (Lipinski definition) is 0. The van der Waals surface area contributed by atoms with Crippen molar-refractivity contribution in [2.75, 3.05) is 19.6 Å². The number of unbranched alkanes of at least 4 members (excludes halogenated alkanes) is 20. The molecule has 1 rings (SSSR count). The van der Waals surface area contributed by atoms with E-state index in [4.69, 9.17) is 4.74 Å². The Bertz CT molecular complexity index is 707.